The van der Waals surface area contributed by atoms with Crippen LogP contribution in [0.2, 0.25) is 0 Å². The fourth-order valence-corrected chi connectivity index (χ4v) is 2.04. The van der Waals surface area contributed by atoms with Crippen molar-refractivity contribution >= 4 is 23.5 Å². The molecule has 1 aromatic carbocycles. The van der Waals surface area contributed by atoms with E-state index in [9.17, 15) is 9.59 Å². The summed E-state index contributed by atoms with van der Waals surface area (Å²) in [5, 5.41) is 0. The van der Waals surface area contributed by atoms with Gasteiger partial charge in [-0.2, -0.15) is 0 Å². The van der Waals surface area contributed by atoms with E-state index in [0.29, 0.717) is 24.8 Å². The first-order chi connectivity index (χ1) is 10.5. The molecule has 0 bridgehead atoms. The minimum atomic E-state index is -0.878. The summed E-state index contributed by atoms with van der Waals surface area (Å²) in [4.78, 5) is 23.0. The number of methoxy groups -OCH3 is 1. The summed E-state index contributed by atoms with van der Waals surface area (Å²) in [5.41, 5.74) is 11.1. The number of hydrogen-bond donors (Lipinski definition) is 2. The number of carbonyl (C=O) groups excluding carboxylic acids is 2. The zero-order valence-electron chi connectivity index (χ0n) is 12.4. The topological polar surface area (TPSA) is 105 Å². The fourth-order valence-electron chi connectivity index (χ4n) is 1.81. The lowest BCUT2D eigenvalue weighted by atomic mass is 10.1. The highest BCUT2D eigenvalue weighted by atomic mass is 35.5. The van der Waals surface area contributed by atoms with Crippen LogP contribution in [0, 0.1) is 0 Å². The van der Waals surface area contributed by atoms with Gasteiger partial charge in [-0.1, -0.05) is 41.9 Å². The van der Waals surface area contributed by atoms with E-state index in [1.807, 2.05) is 6.07 Å². The van der Waals surface area contributed by atoms with Crippen molar-refractivity contribution in [3.05, 3.63) is 35.9 Å². The average Bonchev–Trinajstić information content (AvgIpc) is 2.54. The number of benzene rings is 1. The highest BCUT2D eigenvalue weighted by Gasteiger charge is 2.21. The number of carbonyl (C=O) groups is 2. The van der Waals surface area contributed by atoms with E-state index in [2.05, 4.69) is 4.74 Å². The Kier molecular flexibility index (Phi) is 7.87. The molecule has 0 aromatic heterocycles. The third-order valence-electron chi connectivity index (χ3n) is 3.12. The van der Waals surface area contributed by atoms with Gasteiger partial charge in [-0.3, -0.25) is 9.59 Å². The van der Waals surface area contributed by atoms with Gasteiger partial charge in [0.2, 0.25) is 5.56 Å². The van der Waals surface area contributed by atoms with Gasteiger partial charge in [-0.05, 0) is 19.3 Å². The molecule has 0 heterocycles. The number of hydrogen-bond acceptors (Lipinski definition) is 6. The second-order valence-corrected chi connectivity index (χ2v) is 5.23. The molecule has 22 heavy (non-hydrogen) atoms. The molecule has 0 aliphatic carbocycles. The van der Waals surface area contributed by atoms with Crippen molar-refractivity contribution < 1.29 is 19.1 Å². The summed E-state index contributed by atoms with van der Waals surface area (Å²) in [6.45, 7) is 0. The predicted molar refractivity (Wildman–Crippen MR) is 82.9 cm³/mol. The van der Waals surface area contributed by atoms with Gasteiger partial charge in [0, 0.05) is 5.56 Å². The zero-order valence-corrected chi connectivity index (χ0v) is 13.2. The largest absolute Gasteiger partial charge is 0.468 e. The van der Waals surface area contributed by atoms with Crippen molar-refractivity contribution in [2.24, 2.45) is 11.5 Å². The van der Waals surface area contributed by atoms with Crippen molar-refractivity contribution in [3.63, 3.8) is 0 Å². The lowest BCUT2D eigenvalue weighted by Gasteiger charge is -2.16. The molecular formula is C15H21ClN2O4. The van der Waals surface area contributed by atoms with Gasteiger partial charge < -0.3 is 20.9 Å². The van der Waals surface area contributed by atoms with Gasteiger partial charge in [-0.25, -0.2) is 0 Å². The molecule has 6 nitrogen and oxygen atoms in total. The summed E-state index contributed by atoms with van der Waals surface area (Å²) < 4.78 is 9.62. The Morgan fingerprint density at radius 3 is 2.18 bits per heavy atom. The molecule has 0 aliphatic rings. The summed E-state index contributed by atoms with van der Waals surface area (Å²) in [7, 11) is 1.27. The molecule has 7 heteroatoms. The van der Waals surface area contributed by atoms with E-state index in [1.165, 1.54) is 7.11 Å². The molecule has 3 atom stereocenters. The van der Waals surface area contributed by atoms with Crippen LogP contribution in [-0.2, 0) is 19.1 Å². The van der Waals surface area contributed by atoms with Crippen LogP contribution < -0.4 is 11.5 Å². The molecule has 0 amide bonds. The standard InChI is InChI=1S/C15H21ClN2O4/c1-21-14(19)11(17)8-5-9-12(18)15(20)22-13(16)10-6-3-2-4-7-10/h2-4,6-7,11-13H,5,8-9,17-18H2,1H3/t11-,12?,13?/m0/s1. The average molecular weight is 329 g/mol. The fraction of sp³-hybridized carbons (Fsp3) is 0.467. The molecule has 1 aromatic rings. The predicted octanol–water partition coefficient (Wildman–Crippen LogP) is 1.47. The highest BCUT2D eigenvalue weighted by Crippen LogP contribution is 2.22. The Labute approximate surface area is 134 Å². The van der Waals surface area contributed by atoms with Crippen LogP contribution >= 0.6 is 11.6 Å². The number of halogens is 1. The molecule has 0 spiro atoms. The second kappa shape index (κ2) is 9.40. The van der Waals surface area contributed by atoms with E-state index in [0.717, 1.165) is 0 Å². The first kappa shape index (κ1) is 18.4. The quantitative estimate of drug-likeness (QED) is 0.553. The highest BCUT2D eigenvalue weighted by molar-refractivity contribution is 6.20. The van der Waals surface area contributed by atoms with Crippen LogP contribution in [-0.4, -0.2) is 31.1 Å². The third kappa shape index (κ3) is 6.01. The molecule has 0 saturated heterocycles. The minimum Gasteiger partial charge on any atom is -0.468 e. The Morgan fingerprint density at radius 2 is 1.64 bits per heavy atom. The normalized spacial score (nSPS) is 14.7. The van der Waals surface area contributed by atoms with Crippen LogP contribution in [0.3, 0.4) is 0 Å². The van der Waals surface area contributed by atoms with Gasteiger partial charge in [0.05, 0.1) is 7.11 Å². The van der Waals surface area contributed by atoms with E-state index >= 15 is 0 Å². The lowest BCUT2D eigenvalue weighted by molar-refractivity contribution is -0.147. The number of esters is 2. The molecule has 0 radical (unpaired) electrons. The third-order valence-corrected chi connectivity index (χ3v) is 3.46. The van der Waals surface area contributed by atoms with E-state index in [4.69, 9.17) is 27.8 Å². The summed E-state index contributed by atoms with van der Waals surface area (Å²) in [6.07, 6.45) is 1.24. The van der Waals surface area contributed by atoms with Gasteiger partial charge >= 0.3 is 11.9 Å². The lowest BCUT2D eigenvalue weighted by Crippen LogP contribution is -2.34. The Bertz CT molecular complexity index is 484. The smallest absolute Gasteiger partial charge is 0.324 e. The monoisotopic (exact) mass is 328 g/mol. The van der Waals surface area contributed by atoms with Crippen LogP contribution in [0.1, 0.15) is 30.4 Å². The van der Waals surface area contributed by atoms with Crippen LogP contribution in [0.5, 0.6) is 0 Å². The number of alkyl halides is 1. The van der Waals surface area contributed by atoms with Gasteiger partial charge in [0.25, 0.3) is 0 Å². The van der Waals surface area contributed by atoms with E-state index < -0.39 is 29.6 Å². The summed E-state index contributed by atoms with van der Waals surface area (Å²) >= 11 is 6.01. The van der Waals surface area contributed by atoms with E-state index in [1.54, 1.807) is 24.3 Å². The maximum Gasteiger partial charge on any atom is 0.324 e. The maximum absolute atomic E-state index is 11.8. The molecule has 2 unspecified atom stereocenters. The number of ether oxygens (including phenoxy) is 2. The Morgan fingerprint density at radius 1 is 1.09 bits per heavy atom. The minimum absolute atomic E-state index is 0.349. The van der Waals surface area contributed by atoms with Crippen molar-refractivity contribution in [1.29, 1.82) is 0 Å². The summed E-state index contributed by atoms with van der Waals surface area (Å²) in [6, 6.07) is 7.43. The Balaban J connectivity index is 2.34. The van der Waals surface area contributed by atoms with Crippen molar-refractivity contribution in [3.8, 4) is 0 Å². The zero-order chi connectivity index (χ0) is 16.5. The first-order valence-electron chi connectivity index (χ1n) is 6.94. The van der Waals surface area contributed by atoms with Crippen molar-refractivity contribution in [1.82, 2.24) is 0 Å². The maximum atomic E-state index is 11.8. The second-order valence-electron chi connectivity index (χ2n) is 4.83. The molecule has 0 fully saturated rings. The molecule has 0 aliphatic heterocycles. The van der Waals surface area contributed by atoms with Crippen molar-refractivity contribution in [2.75, 3.05) is 7.11 Å². The first-order valence-corrected chi connectivity index (χ1v) is 7.37. The van der Waals surface area contributed by atoms with Crippen molar-refractivity contribution in [2.45, 2.75) is 36.9 Å². The SMILES string of the molecule is COC(=O)[C@@H](N)CCCC(N)C(=O)OC(Cl)c1ccccc1. The van der Waals surface area contributed by atoms with Crippen LogP contribution in [0.25, 0.3) is 0 Å². The molecule has 122 valence electrons. The number of rotatable bonds is 8. The van der Waals surface area contributed by atoms with Gasteiger partial charge in [0.1, 0.15) is 12.1 Å². The molecular weight excluding hydrogens is 308 g/mol. The summed E-state index contributed by atoms with van der Waals surface area (Å²) in [5.74, 6) is -1.07. The van der Waals surface area contributed by atoms with Gasteiger partial charge in [0.15, 0.2) is 0 Å². The number of nitrogens with two attached hydrogens (primary N) is 2. The van der Waals surface area contributed by atoms with Crippen LogP contribution in [0.15, 0.2) is 30.3 Å². The Hall–Kier alpha value is -1.63. The van der Waals surface area contributed by atoms with Gasteiger partial charge in [-0.15, -0.1) is 0 Å². The molecule has 0 saturated carbocycles. The molecule has 1 rings (SSSR count). The molecule has 4 N–H and O–H groups in total. The van der Waals surface area contributed by atoms with Crippen LogP contribution in [0.4, 0.5) is 0 Å². The van der Waals surface area contributed by atoms with E-state index in [-0.39, 0.29) is 0 Å².